The number of carbonyl (C=O) groups excluding carboxylic acids is 1. The van der Waals surface area contributed by atoms with Gasteiger partial charge in [0.05, 0.1) is 5.56 Å². The van der Waals surface area contributed by atoms with Crippen molar-refractivity contribution in [3.8, 4) is 0 Å². The van der Waals surface area contributed by atoms with Gasteiger partial charge in [0.25, 0.3) is 5.91 Å². The van der Waals surface area contributed by atoms with Gasteiger partial charge in [0.2, 0.25) is 0 Å². The van der Waals surface area contributed by atoms with Gasteiger partial charge < -0.3 is 10.2 Å². The predicted molar refractivity (Wildman–Crippen MR) is 106 cm³/mol. The largest absolute Gasteiger partial charge is 0.372 e. The van der Waals surface area contributed by atoms with Crippen LogP contribution in [0.3, 0.4) is 0 Å². The van der Waals surface area contributed by atoms with Crippen LogP contribution in [0, 0.1) is 0 Å². The van der Waals surface area contributed by atoms with Gasteiger partial charge in [0, 0.05) is 28.9 Å². The van der Waals surface area contributed by atoms with Crippen molar-refractivity contribution >= 4 is 50.5 Å². The molecule has 24 heavy (non-hydrogen) atoms. The van der Waals surface area contributed by atoms with E-state index in [4.69, 9.17) is 12.2 Å². The van der Waals surface area contributed by atoms with Gasteiger partial charge in [-0.25, -0.2) is 0 Å². The number of nitrogens with one attached hydrogen (secondary N) is 2. The van der Waals surface area contributed by atoms with E-state index in [-0.39, 0.29) is 11.0 Å². The molecule has 0 aromatic heterocycles. The highest BCUT2D eigenvalue weighted by molar-refractivity contribution is 9.10. The Morgan fingerprint density at radius 3 is 2.38 bits per heavy atom. The van der Waals surface area contributed by atoms with E-state index in [9.17, 15) is 4.79 Å². The molecule has 0 bridgehead atoms. The highest BCUT2D eigenvalue weighted by atomic mass is 79.9. The average molecular weight is 404 g/mol. The summed E-state index contributed by atoms with van der Waals surface area (Å²) in [7, 11) is 0. The molecule has 0 spiro atoms. The van der Waals surface area contributed by atoms with Crippen molar-refractivity contribution in [2.24, 2.45) is 0 Å². The Balaban J connectivity index is 1.58. The Labute approximate surface area is 155 Å². The minimum atomic E-state index is -0.242. The van der Waals surface area contributed by atoms with Crippen molar-refractivity contribution in [3.63, 3.8) is 0 Å². The van der Waals surface area contributed by atoms with E-state index in [0.29, 0.717) is 5.56 Å². The lowest BCUT2D eigenvalue weighted by atomic mass is 10.2. The second kappa shape index (κ2) is 7.77. The van der Waals surface area contributed by atoms with Crippen LogP contribution >= 0.6 is 28.1 Å². The van der Waals surface area contributed by atoms with Crippen LogP contribution < -0.4 is 15.5 Å². The number of nitrogens with zero attached hydrogens (tertiary/aromatic N) is 1. The van der Waals surface area contributed by atoms with Crippen molar-refractivity contribution in [1.82, 2.24) is 5.32 Å². The van der Waals surface area contributed by atoms with Crippen LogP contribution in [0.15, 0.2) is 53.0 Å². The number of hydrogen-bond donors (Lipinski definition) is 2. The first-order valence-corrected chi connectivity index (χ1v) is 9.05. The zero-order chi connectivity index (χ0) is 16.9. The molecular weight excluding hydrogens is 386 g/mol. The highest BCUT2D eigenvalue weighted by Crippen LogP contribution is 2.22. The lowest BCUT2D eigenvalue weighted by molar-refractivity contribution is 0.0977. The number of carbonyl (C=O) groups is 1. The molecule has 1 amide bonds. The van der Waals surface area contributed by atoms with E-state index < -0.39 is 0 Å². The van der Waals surface area contributed by atoms with Crippen LogP contribution in [0.1, 0.15) is 23.2 Å². The van der Waals surface area contributed by atoms with Crippen molar-refractivity contribution in [2.75, 3.05) is 23.3 Å². The van der Waals surface area contributed by atoms with E-state index in [1.54, 1.807) is 6.07 Å². The van der Waals surface area contributed by atoms with Crippen molar-refractivity contribution in [1.29, 1.82) is 0 Å². The molecule has 2 aromatic rings. The topological polar surface area (TPSA) is 44.4 Å². The van der Waals surface area contributed by atoms with Crippen LogP contribution in [-0.2, 0) is 0 Å². The molecule has 2 N–H and O–H groups in total. The maximum atomic E-state index is 12.2. The Hall–Kier alpha value is -1.92. The lowest BCUT2D eigenvalue weighted by Gasteiger charge is -2.18. The molecule has 0 unspecified atom stereocenters. The van der Waals surface area contributed by atoms with Crippen LogP contribution in [0.2, 0.25) is 0 Å². The SMILES string of the molecule is O=C(NC(=S)Nc1ccc(N2CCCC2)cc1)c1ccccc1Br. The first kappa shape index (κ1) is 16.9. The Kier molecular flexibility index (Phi) is 5.48. The van der Waals surface area contributed by atoms with Crippen LogP contribution in [0.25, 0.3) is 0 Å². The molecule has 6 heteroatoms. The zero-order valence-corrected chi connectivity index (χ0v) is 15.5. The predicted octanol–water partition coefficient (Wildman–Crippen LogP) is 4.18. The number of rotatable bonds is 3. The van der Waals surface area contributed by atoms with E-state index in [2.05, 4.69) is 43.6 Å². The number of anilines is 2. The quantitative estimate of drug-likeness (QED) is 0.754. The number of hydrogen-bond acceptors (Lipinski definition) is 3. The summed E-state index contributed by atoms with van der Waals surface area (Å²) in [5.74, 6) is -0.242. The van der Waals surface area contributed by atoms with Crippen molar-refractivity contribution < 1.29 is 4.79 Å². The molecule has 0 aliphatic carbocycles. The molecule has 1 fully saturated rings. The fraction of sp³-hybridized carbons (Fsp3) is 0.222. The third kappa shape index (κ3) is 4.13. The van der Waals surface area contributed by atoms with Crippen LogP contribution in [0.5, 0.6) is 0 Å². The minimum absolute atomic E-state index is 0.242. The summed E-state index contributed by atoms with van der Waals surface area (Å²) in [4.78, 5) is 14.6. The first-order chi connectivity index (χ1) is 11.6. The third-order valence-electron chi connectivity index (χ3n) is 3.94. The van der Waals surface area contributed by atoms with E-state index >= 15 is 0 Å². The zero-order valence-electron chi connectivity index (χ0n) is 13.1. The molecule has 1 aliphatic heterocycles. The maximum Gasteiger partial charge on any atom is 0.258 e. The second-order valence-corrected chi connectivity index (χ2v) is 6.89. The first-order valence-electron chi connectivity index (χ1n) is 7.85. The van der Waals surface area contributed by atoms with Gasteiger partial charge in [-0.2, -0.15) is 0 Å². The summed E-state index contributed by atoms with van der Waals surface area (Å²) in [5, 5.41) is 6.02. The molecule has 0 radical (unpaired) electrons. The third-order valence-corrected chi connectivity index (χ3v) is 4.84. The molecule has 4 nitrogen and oxygen atoms in total. The molecule has 1 heterocycles. The number of amides is 1. The number of halogens is 1. The molecule has 3 rings (SSSR count). The number of thiocarbonyl (C=S) groups is 1. The molecule has 2 aromatic carbocycles. The molecular formula is C18H18BrN3OS. The van der Waals surface area contributed by atoms with Crippen molar-refractivity contribution in [3.05, 3.63) is 58.6 Å². The minimum Gasteiger partial charge on any atom is -0.372 e. The van der Waals surface area contributed by atoms with Gasteiger partial charge in [-0.05, 0) is 77.4 Å². The highest BCUT2D eigenvalue weighted by Gasteiger charge is 2.13. The van der Waals surface area contributed by atoms with Crippen LogP contribution in [-0.4, -0.2) is 24.1 Å². The normalized spacial score (nSPS) is 13.6. The fourth-order valence-electron chi connectivity index (χ4n) is 2.71. The van der Waals surface area contributed by atoms with Crippen molar-refractivity contribution in [2.45, 2.75) is 12.8 Å². The molecule has 0 atom stereocenters. The monoisotopic (exact) mass is 403 g/mol. The molecule has 124 valence electrons. The molecule has 1 saturated heterocycles. The maximum absolute atomic E-state index is 12.2. The Morgan fingerprint density at radius 1 is 1.04 bits per heavy atom. The Bertz CT molecular complexity index is 742. The summed E-state index contributed by atoms with van der Waals surface area (Å²) in [5.41, 5.74) is 2.63. The summed E-state index contributed by atoms with van der Waals surface area (Å²) in [6.07, 6.45) is 2.51. The Morgan fingerprint density at radius 2 is 1.71 bits per heavy atom. The van der Waals surface area contributed by atoms with Gasteiger partial charge >= 0.3 is 0 Å². The summed E-state index contributed by atoms with van der Waals surface area (Å²) < 4.78 is 0.736. The smallest absolute Gasteiger partial charge is 0.258 e. The van der Waals surface area contributed by atoms with Gasteiger partial charge in [-0.3, -0.25) is 10.1 Å². The fourth-order valence-corrected chi connectivity index (χ4v) is 3.38. The van der Waals surface area contributed by atoms with Gasteiger partial charge in [-0.1, -0.05) is 12.1 Å². The molecule has 1 aliphatic rings. The van der Waals surface area contributed by atoms with Gasteiger partial charge in [0.1, 0.15) is 0 Å². The van der Waals surface area contributed by atoms with E-state index in [0.717, 1.165) is 23.2 Å². The van der Waals surface area contributed by atoms with Gasteiger partial charge in [0.15, 0.2) is 5.11 Å². The second-order valence-electron chi connectivity index (χ2n) is 5.63. The summed E-state index contributed by atoms with van der Waals surface area (Å²) in [6.45, 7) is 2.24. The lowest BCUT2D eigenvalue weighted by Crippen LogP contribution is -2.34. The molecule has 0 saturated carbocycles. The number of benzene rings is 2. The summed E-state index contributed by atoms with van der Waals surface area (Å²) >= 11 is 8.59. The average Bonchev–Trinajstić information content (AvgIpc) is 3.10. The summed E-state index contributed by atoms with van der Waals surface area (Å²) in [6, 6.07) is 15.3. The van der Waals surface area contributed by atoms with E-state index in [1.807, 2.05) is 30.3 Å². The standard InChI is InChI=1S/C18H18BrN3OS/c19-16-6-2-1-5-15(16)17(23)21-18(24)20-13-7-9-14(10-8-13)22-11-3-4-12-22/h1-2,5-10H,3-4,11-12H2,(H2,20,21,23,24). The van der Waals surface area contributed by atoms with E-state index in [1.165, 1.54) is 18.5 Å². The van der Waals surface area contributed by atoms with Crippen LogP contribution in [0.4, 0.5) is 11.4 Å². The van der Waals surface area contributed by atoms with Gasteiger partial charge in [-0.15, -0.1) is 0 Å².